The summed E-state index contributed by atoms with van der Waals surface area (Å²) in [4.78, 5) is 1.17. The predicted octanol–water partition coefficient (Wildman–Crippen LogP) is 7.96. The minimum atomic E-state index is 0.0882. The SMILES string of the molecule is COc1cccc(OC(C)C)c1-c1cc2c(s1)SC(c1c(OC)cccc1OC(C)C)C2C. The standard InChI is InChI=1S/C27H32O4S2/c1-15(2)30-21-12-8-10-19(28-6)24(21)23-14-18-17(5)26(33-27(18)32-23)25-20(29-7)11-9-13-22(25)31-16(3)4/h8-17,26H,1-7H3. The number of fused-ring (bicyclic) bond motifs is 1. The van der Waals surface area contributed by atoms with Gasteiger partial charge in [0, 0.05) is 10.1 Å². The average molecular weight is 485 g/mol. The van der Waals surface area contributed by atoms with E-state index in [0.717, 1.165) is 34.1 Å². The molecule has 33 heavy (non-hydrogen) atoms. The summed E-state index contributed by atoms with van der Waals surface area (Å²) in [7, 11) is 3.44. The predicted molar refractivity (Wildman–Crippen MR) is 138 cm³/mol. The molecule has 4 nitrogen and oxygen atoms in total. The molecule has 0 fully saturated rings. The normalized spacial score (nSPS) is 17.4. The van der Waals surface area contributed by atoms with Gasteiger partial charge in [0.05, 0.1) is 41.8 Å². The zero-order valence-corrected chi connectivity index (χ0v) is 21.9. The molecule has 0 saturated heterocycles. The van der Waals surface area contributed by atoms with Gasteiger partial charge in [-0.15, -0.1) is 23.1 Å². The molecular weight excluding hydrogens is 452 g/mol. The van der Waals surface area contributed by atoms with Crippen molar-refractivity contribution in [2.75, 3.05) is 14.2 Å². The van der Waals surface area contributed by atoms with E-state index < -0.39 is 0 Å². The first-order chi connectivity index (χ1) is 15.8. The fraction of sp³-hybridized carbons (Fsp3) is 0.407. The summed E-state index contributed by atoms with van der Waals surface area (Å²) in [6, 6.07) is 14.4. The van der Waals surface area contributed by atoms with Gasteiger partial charge >= 0.3 is 0 Å². The Morgan fingerprint density at radius 2 is 1.36 bits per heavy atom. The third-order valence-electron chi connectivity index (χ3n) is 5.61. The first-order valence-corrected chi connectivity index (χ1v) is 13.0. The molecule has 0 bridgehead atoms. The maximum absolute atomic E-state index is 6.18. The lowest BCUT2D eigenvalue weighted by Crippen LogP contribution is -2.10. The van der Waals surface area contributed by atoms with Crippen molar-refractivity contribution in [3.05, 3.63) is 53.6 Å². The number of thiophene rings is 1. The molecule has 0 aliphatic carbocycles. The highest BCUT2D eigenvalue weighted by atomic mass is 32.2. The van der Waals surface area contributed by atoms with Crippen molar-refractivity contribution in [2.45, 2.75) is 62.2 Å². The average Bonchev–Trinajstić information content (AvgIpc) is 3.31. The van der Waals surface area contributed by atoms with Crippen molar-refractivity contribution in [3.63, 3.8) is 0 Å². The molecule has 1 aromatic heterocycles. The Labute approximate surface area is 205 Å². The van der Waals surface area contributed by atoms with Gasteiger partial charge in [0.25, 0.3) is 0 Å². The van der Waals surface area contributed by atoms with Crippen LogP contribution in [0.1, 0.15) is 56.9 Å². The van der Waals surface area contributed by atoms with Crippen LogP contribution in [-0.4, -0.2) is 26.4 Å². The first-order valence-electron chi connectivity index (χ1n) is 11.3. The second-order valence-electron chi connectivity index (χ2n) is 8.72. The molecule has 0 N–H and O–H groups in total. The lowest BCUT2D eigenvalue weighted by atomic mass is 9.93. The number of methoxy groups -OCH3 is 2. The summed E-state index contributed by atoms with van der Waals surface area (Å²) in [5.74, 6) is 3.78. The monoisotopic (exact) mass is 484 g/mol. The number of rotatable bonds is 8. The van der Waals surface area contributed by atoms with Gasteiger partial charge in [0.2, 0.25) is 0 Å². The van der Waals surface area contributed by atoms with Crippen LogP contribution in [-0.2, 0) is 0 Å². The third kappa shape index (κ3) is 4.69. The highest BCUT2D eigenvalue weighted by Gasteiger charge is 2.37. The van der Waals surface area contributed by atoms with E-state index in [4.69, 9.17) is 18.9 Å². The molecule has 3 aromatic rings. The lowest BCUT2D eigenvalue weighted by Gasteiger charge is -2.23. The highest BCUT2D eigenvalue weighted by Crippen LogP contribution is 2.61. The first kappa shape index (κ1) is 23.8. The van der Waals surface area contributed by atoms with E-state index in [-0.39, 0.29) is 17.5 Å². The van der Waals surface area contributed by atoms with Crippen LogP contribution in [0.25, 0.3) is 10.4 Å². The van der Waals surface area contributed by atoms with Crippen molar-refractivity contribution >= 4 is 23.1 Å². The maximum Gasteiger partial charge on any atom is 0.132 e. The molecule has 4 rings (SSSR count). The summed E-state index contributed by atoms with van der Waals surface area (Å²) >= 11 is 3.70. The van der Waals surface area contributed by atoms with E-state index in [2.05, 4.69) is 26.8 Å². The Balaban J connectivity index is 1.73. The van der Waals surface area contributed by atoms with Gasteiger partial charge in [-0.1, -0.05) is 19.1 Å². The fourth-order valence-electron chi connectivity index (χ4n) is 4.23. The smallest absolute Gasteiger partial charge is 0.132 e. The van der Waals surface area contributed by atoms with Crippen molar-refractivity contribution < 1.29 is 18.9 Å². The van der Waals surface area contributed by atoms with Gasteiger partial charge < -0.3 is 18.9 Å². The van der Waals surface area contributed by atoms with Crippen LogP contribution in [0.5, 0.6) is 23.0 Å². The van der Waals surface area contributed by atoms with Crippen LogP contribution < -0.4 is 18.9 Å². The Morgan fingerprint density at radius 3 is 1.97 bits per heavy atom. The number of hydrogen-bond donors (Lipinski definition) is 0. The summed E-state index contributed by atoms with van der Waals surface area (Å²) in [5, 5.41) is 0.231. The summed E-state index contributed by atoms with van der Waals surface area (Å²) in [5.41, 5.74) is 3.52. The van der Waals surface area contributed by atoms with Gasteiger partial charge in [0.1, 0.15) is 23.0 Å². The summed E-state index contributed by atoms with van der Waals surface area (Å²) < 4.78 is 25.1. The molecule has 2 atom stereocenters. The largest absolute Gasteiger partial charge is 0.496 e. The third-order valence-corrected chi connectivity index (χ3v) is 8.46. The Bertz CT molecular complexity index is 1120. The van der Waals surface area contributed by atoms with Crippen molar-refractivity contribution in [3.8, 4) is 33.4 Å². The van der Waals surface area contributed by atoms with E-state index in [1.54, 1.807) is 25.6 Å². The second-order valence-corrected chi connectivity index (χ2v) is 11.2. The lowest BCUT2D eigenvalue weighted by molar-refractivity contribution is 0.238. The molecule has 176 valence electrons. The van der Waals surface area contributed by atoms with Gasteiger partial charge in [-0.25, -0.2) is 0 Å². The Kier molecular flexibility index (Phi) is 7.15. The molecular formula is C27H32O4S2. The van der Waals surface area contributed by atoms with E-state index in [1.165, 1.54) is 14.6 Å². The van der Waals surface area contributed by atoms with Gasteiger partial charge in [-0.05, 0) is 69.5 Å². The highest BCUT2D eigenvalue weighted by molar-refractivity contribution is 8.01. The zero-order chi connectivity index (χ0) is 23.7. The summed E-state index contributed by atoms with van der Waals surface area (Å²) in [6.45, 7) is 10.5. The van der Waals surface area contributed by atoms with Gasteiger partial charge in [-0.3, -0.25) is 0 Å². The van der Waals surface area contributed by atoms with Crippen LogP contribution in [0.2, 0.25) is 0 Å². The fourth-order valence-corrected chi connectivity index (χ4v) is 7.36. The number of ether oxygens (including phenoxy) is 4. The van der Waals surface area contributed by atoms with Crippen LogP contribution in [0.15, 0.2) is 46.7 Å². The quantitative estimate of drug-likeness (QED) is 0.324. The molecule has 1 aliphatic rings. The molecule has 2 heterocycles. The van der Waals surface area contributed by atoms with Crippen LogP contribution in [0, 0.1) is 0 Å². The van der Waals surface area contributed by atoms with Crippen LogP contribution in [0.3, 0.4) is 0 Å². The molecule has 0 radical (unpaired) electrons. The van der Waals surface area contributed by atoms with Crippen molar-refractivity contribution in [1.29, 1.82) is 0 Å². The van der Waals surface area contributed by atoms with E-state index in [0.29, 0.717) is 5.92 Å². The molecule has 0 saturated carbocycles. The Hall–Kier alpha value is -2.31. The molecule has 0 spiro atoms. The van der Waals surface area contributed by atoms with Crippen LogP contribution in [0.4, 0.5) is 0 Å². The van der Waals surface area contributed by atoms with Gasteiger partial charge in [0.15, 0.2) is 0 Å². The minimum absolute atomic E-state index is 0.0882. The number of hydrogen-bond acceptors (Lipinski definition) is 6. The van der Waals surface area contributed by atoms with Crippen LogP contribution >= 0.6 is 23.1 Å². The molecule has 1 aliphatic heterocycles. The summed E-state index contributed by atoms with van der Waals surface area (Å²) in [6.07, 6.45) is 0.188. The van der Waals surface area contributed by atoms with Gasteiger partial charge in [-0.2, -0.15) is 0 Å². The minimum Gasteiger partial charge on any atom is -0.496 e. The Morgan fingerprint density at radius 1 is 0.788 bits per heavy atom. The van der Waals surface area contributed by atoms with Crippen molar-refractivity contribution in [1.82, 2.24) is 0 Å². The zero-order valence-electron chi connectivity index (χ0n) is 20.3. The molecule has 6 heteroatoms. The number of benzene rings is 2. The van der Waals surface area contributed by atoms with Crippen molar-refractivity contribution in [2.24, 2.45) is 0 Å². The van der Waals surface area contributed by atoms with E-state index in [9.17, 15) is 0 Å². The van der Waals surface area contributed by atoms with E-state index in [1.807, 2.05) is 62.0 Å². The molecule has 2 unspecified atom stereocenters. The molecule has 2 aromatic carbocycles. The number of thioether (sulfide) groups is 1. The molecule has 0 amide bonds. The van der Waals surface area contributed by atoms with E-state index >= 15 is 0 Å². The topological polar surface area (TPSA) is 36.9 Å². The second kappa shape index (κ2) is 9.90. The maximum atomic E-state index is 6.18.